The van der Waals surface area contributed by atoms with Gasteiger partial charge >= 0.3 is 0 Å². The molecule has 1 aromatic heterocycles. The lowest BCUT2D eigenvalue weighted by molar-refractivity contribution is 0.0753. The van der Waals surface area contributed by atoms with Crippen molar-refractivity contribution in [2.24, 2.45) is 11.8 Å². The Balaban J connectivity index is 2.29. The van der Waals surface area contributed by atoms with E-state index in [0.29, 0.717) is 11.8 Å². The molecular weight excluding hydrogens is 176 g/mol. The van der Waals surface area contributed by atoms with Crippen LogP contribution in [0.25, 0.3) is 0 Å². The first kappa shape index (κ1) is 9.71. The summed E-state index contributed by atoms with van der Waals surface area (Å²) in [5.74, 6) is 0.916. The zero-order valence-corrected chi connectivity index (χ0v) is 8.85. The van der Waals surface area contributed by atoms with Gasteiger partial charge in [0.25, 0.3) is 0 Å². The Bertz CT molecular complexity index is 306. The second-order valence-electron chi connectivity index (χ2n) is 4.51. The van der Waals surface area contributed by atoms with Crippen LogP contribution in [-0.4, -0.2) is 14.7 Å². The fraction of sp³-hybridized carbons (Fsp3) is 0.727. The smallest absolute Gasteiger partial charge is 0.0986 e. The van der Waals surface area contributed by atoms with Crippen LogP contribution in [0.15, 0.2) is 12.5 Å². The third-order valence-corrected chi connectivity index (χ3v) is 3.25. The molecule has 2 unspecified atom stereocenters. The lowest BCUT2D eigenvalue weighted by atomic mass is 9.86. The molecule has 0 saturated carbocycles. The monoisotopic (exact) mass is 194 g/mol. The molecule has 2 atom stereocenters. The average molecular weight is 194 g/mol. The van der Waals surface area contributed by atoms with Crippen molar-refractivity contribution < 1.29 is 5.11 Å². The standard InChI is InChI=1S/C11H18N2O/c1-8(2)9-4-3-5-13-7-12-6-10(13)11(9)14/h6-9,11,14H,3-5H2,1-2H3. The highest BCUT2D eigenvalue weighted by molar-refractivity contribution is 5.06. The van der Waals surface area contributed by atoms with Gasteiger partial charge in [0.2, 0.25) is 0 Å². The third kappa shape index (κ3) is 1.57. The molecule has 0 saturated heterocycles. The molecule has 14 heavy (non-hydrogen) atoms. The molecule has 0 spiro atoms. The van der Waals surface area contributed by atoms with Crippen molar-refractivity contribution in [2.75, 3.05) is 0 Å². The van der Waals surface area contributed by atoms with Crippen molar-refractivity contribution in [3.05, 3.63) is 18.2 Å². The van der Waals surface area contributed by atoms with E-state index in [1.807, 2.05) is 6.33 Å². The summed E-state index contributed by atoms with van der Waals surface area (Å²) in [7, 11) is 0. The van der Waals surface area contributed by atoms with Crippen LogP contribution in [0.3, 0.4) is 0 Å². The van der Waals surface area contributed by atoms with Crippen molar-refractivity contribution >= 4 is 0 Å². The van der Waals surface area contributed by atoms with Gasteiger partial charge in [-0.3, -0.25) is 0 Å². The molecule has 1 aromatic rings. The minimum Gasteiger partial charge on any atom is -0.387 e. The van der Waals surface area contributed by atoms with E-state index in [1.165, 1.54) is 0 Å². The van der Waals surface area contributed by atoms with Gasteiger partial charge in [-0.15, -0.1) is 0 Å². The predicted molar refractivity (Wildman–Crippen MR) is 54.7 cm³/mol. The maximum Gasteiger partial charge on any atom is 0.0986 e. The molecule has 0 aromatic carbocycles. The first-order valence-electron chi connectivity index (χ1n) is 5.38. The number of aliphatic hydroxyl groups is 1. The van der Waals surface area contributed by atoms with Crippen molar-refractivity contribution in [2.45, 2.75) is 39.3 Å². The Morgan fingerprint density at radius 1 is 1.57 bits per heavy atom. The molecule has 0 fully saturated rings. The quantitative estimate of drug-likeness (QED) is 0.742. The molecular formula is C11H18N2O. The molecule has 0 amide bonds. The Morgan fingerprint density at radius 2 is 2.36 bits per heavy atom. The molecule has 0 aliphatic carbocycles. The molecule has 1 N–H and O–H groups in total. The van der Waals surface area contributed by atoms with E-state index in [9.17, 15) is 5.11 Å². The minimum atomic E-state index is -0.333. The summed E-state index contributed by atoms with van der Waals surface area (Å²) >= 11 is 0. The fourth-order valence-electron chi connectivity index (χ4n) is 2.34. The average Bonchev–Trinajstić information content (AvgIpc) is 2.53. The van der Waals surface area contributed by atoms with Crippen LogP contribution in [-0.2, 0) is 6.54 Å². The van der Waals surface area contributed by atoms with Crippen LogP contribution >= 0.6 is 0 Å². The number of rotatable bonds is 1. The van der Waals surface area contributed by atoms with E-state index in [1.54, 1.807) is 6.20 Å². The van der Waals surface area contributed by atoms with E-state index >= 15 is 0 Å². The van der Waals surface area contributed by atoms with E-state index in [0.717, 1.165) is 25.1 Å². The van der Waals surface area contributed by atoms with Crippen molar-refractivity contribution in [1.82, 2.24) is 9.55 Å². The van der Waals surface area contributed by atoms with Gasteiger partial charge in [0, 0.05) is 6.54 Å². The van der Waals surface area contributed by atoms with E-state index in [-0.39, 0.29) is 6.10 Å². The molecule has 2 rings (SSSR count). The molecule has 2 heterocycles. The van der Waals surface area contributed by atoms with Crippen LogP contribution in [0.5, 0.6) is 0 Å². The first-order valence-corrected chi connectivity index (χ1v) is 5.38. The SMILES string of the molecule is CC(C)C1CCCn2cncc2C1O. The van der Waals surface area contributed by atoms with Gasteiger partial charge in [-0.25, -0.2) is 4.98 Å². The number of aliphatic hydroxyl groups excluding tert-OH is 1. The molecule has 78 valence electrons. The van der Waals surface area contributed by atoms with Crippen LogP contribution in [0, 0.1) is 11.8 Å². The summed E-state index contributed by atoms with van der Waals surface area (Å²) in [5.41, 5.74) is 0.987. The predicted octanol–water partition coefficient (Wildman–Crippen LogP) is 1.98. The molecule has 3 nitrogen and oxygen atoms in total. The zero-order chi connectivity index (χ0) is 10.1. The number of hydrogen-bond donors (Lipinski definition) is 1. The Morgan fingerprint density at radius 3 is 3.07 bits per heavy atom. The normalized spacial score (nSPS) is 27.4. The summed E-state index contributed by atoms with van der Waals surface area (Å²) in [5, 5.41) is 10.2. The summed E-state index contributed by atoms with van der Waals surface area (Å²) < 4.78 is 2.08. The molecule has 3 heteroatoms. The summed E-state index contributed by atoms with van der Waals surface area (Å²) in [6.07, 6.45) is 5.54. The van der Waals surface area contributed by atoms with Gasteiger partial charge < -0.3 is 9.67 Å². The summed E-state index contributed by atoms with van der Waals surface area (Å²) in [6, 6.07) is 0. The lowest BCUT2D eigenvalue weighted by Gasteiger charge is -2.23. The second kappa shape index (κ2) is 3.73. The van der Waals surface area contributed by atoms with Crippen molar-refractivity contribution in [3.63, 3.8) is 0 Å². The van der Waals surface area contributed by atoms with Crippen LogP contribution < -0.4 is 0 Å². The minimum absolute atomic E-state index is 0.333. The fourth-order valence-corrected chi connectivity index (χ4v) is 2.34. The van der Waals surface area contributed by atoms with Gasteiger partial charge in [-0.1, -0.05) is 13.8 Å². The summed E-state index contributed by atoms with van der Waals surface area (Å²) in [6.45, 7) is 5.36. The molecule has 1 aliphatic rings. The number of imidazole rings is 1. The number of fused-ring (bicyclic) bond motifs is 1. The Labute approximate surface area is 84.8 Å². The van der Waals surface area contributed by atoms with Gasteiger partial charge in [-0.2, -0.15) is 0 Å². The Kier molecular flexibility index (Phi) is 2.59. The Hall–Kier alpha value is -0.830. The highest BCUT2D eigenvalue weighted by atomic mass is 16.3. The highest BCUT2D eigenvalue weighted by Gasteiger charge is 2.28. The number of aryl methyl sites for hydroxylation is 1. The van der Waals surface area contributed by atoms with Gasteiger partial charge in [0.05, 0.1) is 24.3 Å². The number of nitrogens with zero attached hydrogens (tertiary/aromatic N) is 2. The molecule has 0 bridgehead atoms. The largest absolute Gasteiger partial charge is 0.387 e. The third-order valence-electron chi connectivity index (χ3n) is 3.25. The lowest BCUT2D eigenvalue weighted by Crippen LogP contribution is -2.17. The van der Waals surface area contributed by atoms with Gasteiger partial charge in [0.1, 0.15) is 0 Å². The number of hydrogen-bond acceptors (Lipinski definition) is 2. The first-order chi connectivity index (χ1) is 6.70. The summed E-state index contributed by atoms with van der Waals surface area (Å²) in [4.78, 5) is 4.09. The topological polar surface area (TPSA) is 38.0 Å². The highest BCUT2D eigenvalue weighted by Crippen LogP contribution is 2.34. The van der Waals surface area contributed by atoms with Crippen LogP contribution in [0.4, 0.5) is 0 Å². The van der Waals surface area contributed by atoms with Crippen molar-refractivity contribution in [3.8, 4) is 0 Å². The van der Waals surface area contributed by atoms with E-state index in [2.05, 4.69) is 23.4 Å². The number of aromatic nitrogens is 2. The maximum atomic E-state index is 10.2. The van der Waals surface area contributed by atoms with Crippen LogP contribution in [0.1, 0.15) is 38.5 Å². The molecule has 0 radical (unpaired) electrons. The van der Waals surface area contributed by atoms with Crippen molar-refractivity contribution in [1.29, 1.82) is 0 Å². The second-order valence-corrected chi connectivity index (χ2v) is 4.51. The van der Waals surface area contributed by atoms with Crippen LogP contribution in [0.2, 0.25) is 0 Å². The maximum absolute atomic E-state index is 10.2. The van der Waals surface area contributed by atoms with Gasteiger partial charge in [-0.05, 0) is 24.7 Å². The zero-order valence-electron chi connectivity index (χ0n) is 8.85. The van der Waals surface area contributed by atoms with E-state index < -0.39 is 0 Å². The van der Waals surface area contributed by atoms with E-state index in [4.69, 9.17) is 0 Å². The molecule has 1 aliphatic heterocycles. The van der Waals surface area contributed by atoms with Gasteiger partial charge in [0.15, 0.2) is 0 Å².